The maximum absolute atomic E-state index is 12.9. The van der Waals surface area contributed by atoms with Crippen molar-refractivity contribution in [1.29, 1.82) is 5.26 Å². The van der Waals surface area contributed by atoms with E-state index >= 15 is 0 Å². The zero-order chi connectivity index (χ0) is 18.1. The van der Waals surface area contributed by atoms with Crippen LogP contribution in [0.1, 0.15) is 5.56 Å². The number of benzene rings is 2. The quantitative estimate of drug-likeness (QED) is 0.580. The summed E-state index contributed by atoms with van der Waals surface area (Å²) >= 11 is 5.04. The van der Waals surface area contributed by atoms with Crippen LogP contribution in [0.4, 0.5) is 5.69 Å². The molecule has 1 aliphatic rings. The number of para-hydroxylation sites is 1. The number of nitriles is 1. The molecule has 2 aromatic carbocycles. The van der Waals surface area contributed by atoms with Gasteiger partial charge in [-0.05, 0) is 28.1 Å². The summed E-state index contributed by atoms with van der Waals surface area (Å²) in [4.78, 5) is 19.7. The van der Waals surface area contributed by atoms with Gasteiger partial charge in [-0.15, -0.1) is 0 Å². The van der Waals surface area contributed by atoms with Crippen LogP contribution < -0.4 is 10.5 Å². The van der Waals surface area contributed by atoms with Crippen LogP contribution in [-0.4, -0.2) is 15.4 Å². The molecule has 0 unspecified atom stereocenters. The van der Waals surface area contributed by atoms with Crippen LogP contribution in [-0.2, 0) is 6.67 Å². The highest BCUT2D eigenvalue weighted by Crippen LogP contribution is 2.33. The van der Waals surface area contributed by atoms with Crippen LogP contribution >= 0.6 is 27.7 Å². The molecule has 0 amide bonds. The Morgan fingerprint density at radius 1 is 1.12 bits per heavy atom. The lowest BCUT2D eigenvalue weighted by Gasteiger charge is -2.31. The molecule has 2 heterocycles. The maximum atomic E-state index is 12.9. The zero-order valence-corrected chi connectivity index (χ0v) is 16.0. The lowest BCUT2D eigenvalue weighted by molar-refractivity contribution is 0.559. The van der Waals surface area contributed by atoms with Crippen molar-refractivity contribution in [2.75, 3.05) is 10.8 Å². The number of rotatable bonds is 2. The van der Waals surface area contributed by atoms with E-state index in [9.17, 15) is 10.1 Å². The fourth-order valence-corrected chi connectivity index (χ4v) is 4.36. The van der Waals surface area contributed by atoms with E-state index in [2.05, 4.69) is 25.8 Å². The standard InChI is InChI=1S/C19H13BrN4OS/c20-15-8-4-5-9-16(15)23-11-24-18(25)14(10-21)17(22-19(24)26-12-23)13-6-2-1-3-7-13/h1-9H,11-12H2. The van der Waals surface area contributed by atoms with Crippen molar-refractivity contribution in [3.05, 3.63) is 75.0 Å². The lowest BCUT2D eigenvalue weighted by Crippen LogP contribution is -2.38. The van der Waals surface area contributed by atoms with E-state index in [4.69, 9.17) is 0 Å². The Morgan fingerprint density at radius 2 is 1.85 bits per heavy atom. The Morgan fingerprint density at radius 3 is 2.58 bits per heavy atom. The first-order valence-electron chi connectivity index (χ1n) is 7.91. The van der Waals surface area contributed by atoms with Gasteiger partial charge in [0.2, 0.25) is 0 Å². The highest BCUT2D eigenvalue weighted by molar-refractivity contribution is 9.10. The molecule has 0 fully saturated rings. The van der Waals surface area contributed by atoms with Crippen molar-refractivity contribution in [2.45, 2.75) is 11.8 Å². The van der Waals surface area contributed by atoms with Crippen LogP contribution in [0.3, 0.4) is 0 Å². The van der Waals surface area contributed by atoms with E-state index in [-0.39, 0.29) is 11.1 Å². The minimum Gasteiger partial charge on any atom is -0.343 e. The van der Waals surface area contributed by atoms with Crippen molar-refractivity contribution in [3.8, 4) is 17.3 Å². The fourth-order valence-electron chi connectivity index (χ4n) is 2.88. The number of aromatic nitrogens is 2. The largest absolute Gasteiger partial charge is 0.343 e. The summed E-state index contributed by atoms with van der Waals surface area (Å²) in [6.07, 6.45) is 0. The maximum Gasteiger partial charge on any atom is 0.274 e. The molecule has 0 spiro atoms. The molecule has 0 bridgehead atoms. The molecular weight excluding hydrogens is 412 g/mol. The van der Waals surface area contributed by atoms with Crippen LogP contribution in [0, 0.1) is 11.3 Å². The monoisotopic (exact) mass is 424 g/mol. The normalized spacial score (nSPS) is 13.2. The van der Waals surface area contributed by atoms with Crippen molar-refractivity contribution in [3.63, 3.8) is 0 Å². The van der Waals surface area contributed by atoms with E-state index in [1.807, 2.05) is 60.7 Å². The van der Waals surface area contributed by atoms with Crippen LogP contribution in [0.2, 0.25) is 0 Å². The molecule has 1 aromatic heterocycles. The second-order valence-electron chi connectivity index (χ2n) is 5.74. The Kier molecular flexibility index (Phi) is 4.53. The van der Waals surface area contributed by atoms with Crippen LogP contribution in [0.25, 0.3) is 11.3 Å². The first kappa shape index (κ1) is 16.9. The van der Waals surface area contributed by atoms with Crippen molar-refractivity contribution in [1.82, 2.24) is 9.55 Å². The Balaban J connectivity index is 1.81. The fraction of sp³-hybridized carbons (Fsp3) is 0.105. The molecule has 0 N–H and O–H groups in total. The molecule has 0 saturated carbocycles. The van der Waals surface area contributed by atoms with Crippen molar-refractivity contribution >= 4 is 33.4 Å². The van der Waals surface area contributed by atoms with E-state index in [0.29, 0.717) is 23.4 Å². The number of fused-ring (bicyclic) bond motifs is 1. The highest BCUT2D eigenvalue weighted by Gasteiger charge is 2.24. The number of hydrogen-bond donors (Lipinski definition) is 0. The molecule has 0 radical (unpaired) electrons. The molecule has 0 aliphatic carbocycles. The van der Waals surface area contributed by atoms with E-state index < -0.39 is 0 Å². The SMILES string of the molecule is N#Cc1c(-c2ccccc2)nc2n(c1=O)CN(c1ccccc1Br)CS2. The zero-order valence-electron chi connectivity index (χ0n) is 13.6. The van der Waals surface area contributed by atoms with Crippen LogP contribution in [0.5, 0.6) is 0 Å². The molecule has 128 valence electrons. The summed E-state index contributed by atoms with van der Waals surface area (Å²) in [5, 5.41) is 10.2. The van der Waals surface area contributed by atoms with Gasteiger partial charge in [0, 0.05) is 10.0 Å². The van der Waals surface area contributed by atoms with Crippen molar-refractivity contribution in [2.24, 2.45) is 0 Å². The molecular formula is C19H13BrN4OS. The Bertz CT molecular complexity index is 1080. The van der Waals surface area contributed by atoms with Gasteiger partial charge in [-0.2, -0.15) is 5.26 Å². The van der Waals surface area contributed by atoms with Gasteiger partial charge in [0.25, 0.3) is 5.56 Å². The molecule has 5 nitrogen and oxygen atoms in total. The van der Waals surface area contributed by atoms with Gasteiger partial charge in [-0.25, -0.2) is 4.98 Å². The lowest BCUT2D eigenvalue weighted by atomic mass is 10.1. The predicted molar refractivity (Wildman–Crippen MR) is 106 cm³/mol. The minimum atomic E-state index is -0.305. The Hall–Kier alpha value is -2.56. The molecule has 7 heteroatoms. The Labute approximate surface area is 163 Å². The third-order valence-electron chi connectivity index (χ3n) is 4.15. The average Bonchev–Trinajstić information content (AvgIpc) is 2.69. The van der Waals surface area contributed by atoms with Gasteiger partial charge in [0.05, 0.1) is 17.3 Å². The number of thioether (sulfide) groups is 1. The number of halogens is 1. The highest BCUT2D eigenvalue weighted by atomic mass is 79.9. The van der Waals surface area contributed by atoms with E-state index in [1.165, 1.54) is 11.8 Å². The third-order valence-corrected chi connectivity index (χ3v) is 5.83. The molecule has 26 heavy (non-hydrogen) atoms. The summed E-state index contributed by atoms with van der Waals surface area (Å²) in [5.41, 5.74) is 2.00. The summed E-state index contributed by atoms with van der Waals surface area (Å²) in [6, 6.07) is 19.3. The minimum absolute atomic E-state index is 0.0783. The van der Waals surface area contributed by atoms with Gasteiger partial charge >= 0.3 is 0 Å². The topological polar surface area (TPSA) is 61.9 Å². The molecule has 0 saturated heterocycles. The van der Waals surface area contributed by atoms with Crippen LogP contribution in [0.15, 0.2) is 69.0 Å². The van der Waals surface area contributed by atoms with Crippen molar-refractivity contribution < 1.29 is 0 Å². The van der Waals surface area contributed by atoms with Gasteiger partial charge in [0.15, 0.2) is 5.16 Å². The second-order valence-corrected chi connectivity index (χ2v) is 7.50. The van der Waals surface area contributed by atoms with Gasteiger partial charge < -0.3 is 4.90 Å². The van der Waals surface area contributed by atoms with Gasteiger partial charge in [-0.1, -0.05) is 54.2 Å². The first-order chi connectivity index (χ1) is 12.7. The number of hydrogen-bond acceptors (Lipinski definition) is 5. The summed E-state index contributed by atoms with van der Waals surface area (Å²) in [7, 11) is 0. The third kappa shape index (κ3) is 2.91. The molecule has 4 rings (SSSR count). The molecule has 1 aliphatic heterocycles. The van der Waals surface area contributed by atoms with E-state index in [0.717, 1.165) is 15.7 Å². The second kappa shape index (κ2) is 6.98. The number of anilines is 1. The smallest absolute Gasteiger partial charge is 0.274 e. The summed E-state index contributed by atoms with van der Waals surface area (Å²) in [6.45, 7) is 0.362. The average molecular weight is 425 g/mol. The predicted octanol–water partition coefficient (Wildman–Crippen LogP) is 4.07. The summed E-state index contributed by atoms with van der Waals surface area (Å²) in [5.74, 6) is 0.676. The van der Waals surface area contributed by atoms with Gasteiger partial charge in [-0.3, -0.25) is 9.36 Å². The molecule has 3 aromatic rings. The molecule has 0 atom stereocenters. The van der Waals surface area contributed by atoms with E-state index in [1.54, 1.807) is 4.57 Å². The van der Waals surface area contributed by atoms with Gasteiger partial charge in [0.1, 0.15) is 18.3 Å². The summed E-state index contributed by atoms with van der Waals surface area (Å²) < 4.78 is 2.53. The first-order valence-corrected chi connectivity index (χ1v) is 9.69. The number of nitrogens with zero attached hydrogens (tertiary/aromatic N) is 4.